The monoisotopic (exact) mass is 557 g/mol. The lowest BCUT2D eigenvalue weighted by Crippen LogP contribution is -2.43. The molecule has 2 amide bonds. The molecule has 0 atom stereocenters. The van der Waals surface area contributed by atoms with Crippen molar-refractivity contribution in [3.63, 3.8) is 0 Å². The number of hydrogen-bond acceptors (Lipinski definition) is 4. The minimum Gasteiger partial charge on any atom is -0.454 e. The first-order valence-electron chi connectivity index (χ1n) is 13.5. The Kier molecular flexibility index (Phi) is 9.39. The molecule has 0 spiro atoms. The standard InChI is InChI=1S/C30H34F3N3O4/c1-3-5-6-14-36(19-25-11-8-15-35(25)18-22-9-7-10-24(16-22)30(31,32)33)28(37)20-34(4-2)29(38)23-12-13-26-27(17-23)40-21-39-26/h7-13,15-17H,3-6,14,18-21H2,1-2H3. The number of ether oxygens (including phenoxy) is 2. The summed E-state index contributed by atoms with van der Waals surface area (Å²) < 4.78 is 52.2. The molecular formula is C30H34F3N3O4. The van der Waals surface area contributed by atoms with Gasteiger partial charge in [-0.25, -0.2) is 0 Å². The van der Waals surface area contributed by atoms with E-state index in [2.05, 4.69) is 6.92 Å². The zero-order valence-corrected chi connectivity index (χ0v) is 22.7. The largest absolute Gasteiger partial charge is 0.454 e. The number of carbonyl (C=O) groups excluding carboxylic acids is 2. The second-order valence-electron chi connectivity index (χ2n) is 9.74. The number of hydrogen-bond donors (Lipinski definition) is 0. The van der Waals surface area contributed by atoms with Crippen LogP contribution in [0.25, 0.3) is 0 Å². The average molecular weight is 558 g/mol. The predicted octanol–water partition coefficient (Wildman–Crippen LogP) is 5.97. The Bertz CT molecular complexity index is 1320. The highest BCUT2D eigenvalue weighted by atomic mass is 19.4. The van der Waals surface area contributed by atoms with E-state index in [0.29, 0.717) is 35.7 Å². The van der Waals surface area contributed by atoms with Crippen LogP contribution in [0, 0.1) is 0 Å². The van der Waals surface area contributed by atoms with Crippen LogP contribution >= 0.6 is 0 Å². The predicted molar refractivity (Wildman–Crippen MR) is 144 cm³/mol. The van der Waals surface area contributed by atoms with Crippen LogP contribution in [0.5, 0.6) is 11.5 Å². The van der Waals surface area contributed by atoms with Gasteiger partial charge >= 0.3 is 6.18 Å². The first-order chi connectivity index (χ1) is 19.2. The van der Waals surface area contributed by atoms with Crippen molar-refractivity contribution in [2.75, 3.05) is 26.4 Å². The fourth-order valence-electron chi connectivity index (χ4n) is 4.63. The van der Waals surface area contributed by atoms with Gasteiger partial charge in [-0.05, 0) is 61.4 Å². The zero-order valence-electron chi connectivity index (χ0n) is 22.7. The van der Waals surface area contributed by atoms with Crippen LogP contribution in [-0.2, 0) is 24.1 Å². The van der Waals surface area contributed by atoms with Crippen molar-refractivity contribution in [2.45, 2.75) is 52.4 Å². The second-order valence-corrected chi connectivity index (χ2v) is 9.74. The van der Waals surface area contributed by atoms with Gasteiger partial charge in [0.15, 0.2) is 11.5 Å². The molecule has 0 radical (unpaired) electrons. The van der Waals surface area contributed by atoms with Crippen molar-refractivity contribution in [1.29, 1.82) is 0 Å². The quantitative estimate of drug-likeness (QED) is 0.258. The van der Waals surface area contributed by atoms with E-state index in [-0.39, 0.29) is 38.2 Å². The molecular weight excluding hydrogens is 523 g/mol. The lowest BCUT2D eigenvalue weighted by atomic mass is 10.1. The van der Waals surface area contributed by atoms with Crippen molar-refractivity contribution >= 4 is 11.8 Å². The summed E-state index contributed by atoms with van der Waals surface area (Å²) in [6, 6.07) is 13.9. The van der Waals surface area contributed by atoms with Gasteiger partial charge in [-0.1, -0.05) is 31.9 Å². The molecule has 4 rings (SSSR count). The van der Waals surface area contributed by atoms with E-state index in [1.54, 1.807) is 35.4 Å². The highest BCUT2D eigenvalue weighted by Crippen LogP contribution is 2.33. The molecule has 0 bridgehead atoms. The van der Waals surface area contributed by atoms with Gasteiger partial charge in [0, 0.05) is 37.1 Å². The summed E-state index contributed by atoms with van der Waals surface area (Å²) in [4.78, 5) is 30.0. The maximum atomic E-state index is 13.5. The van der Waals surface area contributed by atoms with Crippen LogP contribution in [0.2, 0.25) is 0 Å². The average Bonchev–Trinajstić information content (AvgIpc) is 3.59. The summed E-state index contributed by atoms with van der Waals surface area (Å²) in [5.74, 6) is 0.594. The summed E-state index contributed by atoms with van der Waals surface area (Å²) in [6.45, 7) is 5.28. The molecule has 2 heterocycles. The number of unbranched alkanes of at least 4 members (excludes halogenated alkanes) is 2. The van der Waals surface area contributed by atoms with E-state index in [0.717, 1.165) is 37.1 Å². The van der Waals surface area contributed by atoms with E-state index in [9.17, 15) is 22.8 Å². The van der Waals surface area contributed by atoms with Gasteiger partial charge in [0.2, 0.25) is 12.7 Å². The Morgan fingerprint density at radius 3 is 2.50 bits per heavy atom. The first-order valence-corrected chi connectivity index (χ1v) is 13.5. The maximum absolute atomic E-state index is 13.5. The van der Waals surface area contributed by atoms with E-state index in [1.165, 1.54) is 11.0 Å². The normalized spacial score (nSPS) is 12.4. The van der Waals surface area contributed by atoms with Crippen molar-refractivity contribution in [3.05, 3.63) is 83.2 Å². The summed E-state index contributed by atoms with van der Waals surface area (Å²) in [5.41, 5.74) is 1.03. The smallest absolute Gasteiger partial charge is 0.416 e. The topological polar surface area (TPSA) is 64.0 Å². The lowest BCUT2D eigenvalue weighted by molar-refractivity contribution is -0.137. The van der Waals surface area contributed by atoms with Gasteiger partial charge < -0.3 is 23.8 Å². The van der Waals surface area contributed by atoms with Crippen LogP contribution < -0.4 is 9.47 Å². The first kappa shape index (κ1) is 29.0. The Balaban J connectivity index is 1.48. The van der Waals surface area contributed by atoms with Crippen molar-refractivity contribution < 1.29 is 32.2 Å². The number of fused-ring (bicyclic) bond motifs is 1. The fourth-order valence-corrected chi connectivity index (χ4v) is 4.63. The van der Waals surface area contributed by atoms with Gasteiger partial charge in [0.05, 0.1) is 12.1 Å². The molecule has 2 aromatic carbocycles. The van der Waals surface area contributed by atoms with Gasteiger partial charge in [-0.2, -0.15) is 13.2 Å². The minimum absolute atomic E-state index is 0.0930. The highest BCUT2D eigenvalue weighted by Gasteiger charge is 2.30. The molecule has 3 aromatic rings. The molecule has 1 aromatic heterocycles. The SMILES string of the molecule is CCCCCN(Cc1cccn1Cc1cccc(C(F)(F)F)c1)C(=O)CN(CC)C(=O)c1ccc2c(c1)OCO2. The van der Waals surface area contributed by atoms with Gasteiger partial charge in [0.25, 0.3) is 5.91 Å². The third kappa shape index (κ3) is 7.16. The van der Waals surface area contributed by atoms with Crippen LogP contribution in [0.3, 0.4) is 0 Å². The maximum Gasteiger partial charge on any atom is 0.416 e. The molecule has 40 heavy (non-hydrogen) atoms. The Labute approximate surface area is 232 Å². The Hall–Kier alpha value is -3.95. The minimum atomic E-state index is -4.42. The number of carbonyl (C=O) groups is 2. The molecule has 10 heteroatoms. The number of likely N-dealkylation sites (N-methyl/N-ethyl adjacent to an activating group) is 1. The van der Waals surface area contributed by atoms with E-state index >= 15 is 0 Å². The summed E-state index contributed by atoms with van der Waals surface area (Å²) >= 11 is 0. The van der Waals surface area contributed by atoms with Crippen molar-refractivity contribution in [2.24, 2.45) is 0 Å². The molecule has 0 aliphatic carbocycles. The number of amides is 2. The fraction of sp³-hybridized carbons (Fsp3) is 0.400. The lowest BCUT2D eigenvalue weighted by Gasteiger charge is -2.28. The summed E-state index contributed by atoms with van der Waals surface area (Å²) in [7, 11) is 0. The Morgan fingerprint density at radius 2 is 1.75 bits per heavy atom. The summed E-state index contributed by atoms with van der Waals surface area (Å²) in [6.07, 6.45) is 0.117. The Morgan fingerprint density at radius 1 is 0.950 bits per heavy atom. The molecule has 0 unspecified atom stereocenters. The molecule has 1 aliphatic rings. The van der Waals surface area contributed by atoms with E-state index in [1.807, 2.05) is 23.6 Å². The third-order valence-electron chi connectivity index (χ3n) is 6.88. The molecule has 1 aliphatic heterocycles. The summed E-state index contributed by atoms with van der Waals surface area (Å²) in [5, 5.41) is 0. The van der Waals surface area contributed by atoms with Gasteiger partial charge in [-0.15, -0.1) is 0 Å². The molecule has 0 N–H and O–H groups in total. The number of benzene rings is 2. The van der Waals surface area contributed by atoms with Crippen LogP contribution in [-0.4, -0.2) is 52.6 Å². The van der Waals surface area contributed by atoms with Crippen LogP contribution in [0.1, 0.15) is 60.3 Å². The van der Waals surface area contributed by atoms with E-state index in [4.69, 9.17) is 9.47 Å². The second kappa shape index (κ2) is 12.9. The number of aromatic nitrogens is 1. The number of alkyl halides is 3. The van der Waals surface area contributed by atoms with Gasteiger partial charge in [-0.3, -0.25) is 9.59 Å². The van der Waals surface area contributed by atoms with Crippen molar-refractivity contribution in [1.82, 2.24) is 14.4 Å². The third-order valence-corrected chi connectivity index (χ3v) is 6.88. The highest BCUT2D eigenvalue weighted by molar-refractivity contribution is 5.97. The van der Waals surface area contributed by atoms with Crippen molar-refractivity contribution in [3.8, 4) is 11.5 Å². The molecule has 214 valence electrons. The van der Waals surface area contributed by atoms with Crippen LogP contribution in [0.15, 0.2) is 60.8 Å². The molecule has 7 nitrogen and oxygen atoms in total. The molecule has 0 fully saturated rings. The number of nitrogens with zero attached hydrogens (tertiary/aromatic N) is 3. The molecule has 0 saturated heterocycles. The van der Waals surface area contributed by atoms with Crippen LogP contribution in [0.4, 0.5) is 13.2 Å². The van der Waals surface area contributed by atoms with E-state index < -0.39 is 11.7 Å². The zero-order chi connectivity index (χ0) is 28.7. The number of halogens is 3. The molecule has 0 saturated carbocycles. The number of rotatable bonds is 12. The van der Waals surface area contributed by atoms with Gasteiger partial charge in [0.1, 0.15) is 6.54 Å².